The zero-order valence-corrected chi connectivity index (χ0v) is 16.4. The summed E-state index contributed by atoms with van der Waals surface area (Å²) in [6, 6.07) is 13.3. The molecule has 152 valence electrons. The van der Waals surface area contributed by atoms with Gasteiger partial charge in [0.1, 0.15) is 0 Å². The maximum absolute atomic E-state index is 11.8. The number of halogens is 1. The highest BCUT2D eigenvalue weighted by Gasteiger charge is 2.12. The Labute approximate surface area is 172 Å². The average molecular weight is 418 g/mol. The Morgan fingerprint density at radius 1 is 0.931 bits per heavy atom. The summed E-state index contributed by atoms with van der Waals surface area (Å²) in [4.78, 5) is 47.0. The fraction of sp³-hybridized carbons (Fsp3) is 0.200. The lowest BCUT2D eigenvalue weighted by Gasteiger charge is -2.08. The van der Waals surface area contributed by atoms with Crippen LogP contribution in [0.5, 0.6) is 0 Å². The van der Waals surface area contributed by atoms with E-state index in [1.807, 2.05) is 13.0 Å². The second-order valence-corrected chi connectivity index (χ2v) is 6.52. The summed E-state index contributed by atoms with van der Waals surface area (Å²) in [6.07, 6.45) is -0.445. The van der Waals surface area contributed by atoms with E-state index < -0.39 is 30.3 Å². The fourth-order valence-electron chi connectivity index (χ4n) is 2.22. The minimum Gasteiger partial charge on any atom is -0.456 e. The number of rotatable bonds is 7. The van der Waals surface area contributed by atoms with Crippen molar-refractivity contribution in [1.82, 2.24) is 10.9 Å². The van der Waals surface area contributed by atoms with Gasteiger partial charge in [-0.1, -0.05) is 23.7 Å². The van der Waals surface area contributed by atoms with E-state index in [1.54, 1.807) is 30.3 Å². The Kier molecular flexibility index (Phi) is 8.17. The second kappa shape index (κ2) is 10.8. The molecule has 0 saturated heterocycles. The lowest BCUT2D eigenvalue weighted by atomic mass is 10.2. The normalized spacial score (nSPS) is 10.0. The smallest absolute Gasteiger partial charge is 0.306 e. The predicted octanol–water partition coefficient (Wildman–Crippen LogP) is 2.37. The van der Waals surface area contributed by atoms with Crippen LogP contribution in [-0.4, -0.2) is 30.3 Å². The number of carbonyl (C=O) groups excluding carboxylic acids is 4. The highest BCUT2D eigenvalue weighted by Crippen LogP contribution is 2.10. The number of hydrogen-bond acceptors (Lipinski definition) is 5. The molecular formula is C20H20ClN3O5. The summed E-state index contributed by atoms with van der Waals surface area (Å²) >= 11 is 5.74. The maximum Gasteiger partial charge on any atom is 0.306 e. The summed E-state index contributed by atoms with van der Waals surface area (Å²) in [5.74, 6) is -2.29. The van der Waals surface area contributed by atoms with E-state index in [2.05, 4.69) is 16.2 Å². The van der Waals surface area contributed by atoms with Gasteiger partial charge in [-0.3, -0.25) is 30.0 Å². The molecule has 0 aliphatic rings. The number of esters is 1. The topological polar surface area (TPSA) is 114 Å². The summed E-state index contributed by atoms with van der Waals surface area (Å²) in [6.45, 7) is 1.43. The molecule has 29 heavy (non-hydrogen) atoms. The van der Waals surface area contributed by atoms with Gasteiger partial charge >= 0.3 is 5.97 Å². The number of carbonyl (C=O) groups is 4. The lowest BCUT2D eigenvalue weighted by Crippen LogP contribution is -2.41. The van der Waals surface area contributed by atoms with Crippen molar-refractivity contribution in [3.63, 3.8) is 0 Å². The van der Waals surface area contributed by atoms with Crippen LogP contribution in [0.4, 0.5) is 5.69 Å². The number of hydrazine groups is 1. The molecule has 9 heteroatoms. The van der Waals surface area contributed by atoms with Crippen molar-refractivity contribution in [2.24, 2.45) is 0 Å². The Bertz CT molecular complexity index is 899. The third kappa shape index (κ3) is 8.02. The maximum atomic E-state index is 11.8. The van der Waals surface area contributed by atoms with Gasteiger partial charge in [-0.15, -0.1) is 0 Å². The fourth-order valence-corrected chi connectivity index (χ4v) is 2.34. The van der Waals surface area contributed by atoms with Crippen LogP contribution in [0, 0.1) is 6.92 Å². The number of ether oxygens (including phenoxy) is 1. The van der Waals surface area contributed by atoms with Crippen LogP contribution in [-0.2, 0) is 19.1 Å². The van der Waals surface area contributed by atoms with E-state index >= 15 is 0 Å². The number of aryl methyl sites for hydroxylation is 1. The van der Waals surface area contributed by atoms with Gasteiger partial charge in [-0.05, 0) is 48.9 Å². The Hall–Kier alpha value is -3.39. The summed E-state index contributed by atoms with van der Waals surface area (Å²) < 4.78 is 4.83. The first-order chi connectivity index (χ1) is 13.8. The average Bonchev–Trinajstić information content (AvgIpc) is 2.69. The zero-order valence-electron chi connectivity index (χ0n) is 15.7. The Balaban J connectivity index is 1.64. The number of benzene rings is 2. The molecular weight excluding hydrogens is 398 g/mol. The minimum atomic E-state index is -0.705. The lowest BCUT2D eigenvalue weighted by molar-refractivity contribution is -0.148. The van der Waals surface area contributed by atoms with Crippen molar-refractivity contribution >= 4 is 41.0 Å². The molecule has 0 aromatic heterocycles. The van der Waals surface area contributed by atoms with E-state index in [9.17, 15) is 19.2 Å². The molecule has 3 amide bonds. The molecule has 8 nitrogen and oxygen atoms in total. The first-order valence-electron chi connectivity index (χ1n) is 8.70. The molecule has 0 radical (unpaired) electrons. The van der Waals surface area contributed by atoms with E-state index in [-0.39, 0.29) is 12.8 Å². The van der Waals surface area contributed by atoms with E-state index in [4.69, 9.17) is 16.3 Å². The van der Waals surface area contributed by atoms with Crippen LogP contribution in [0.3, 0.4) is 0 Å². The summed E-state index contributed by atoms with van der Waals surface area (Å²) in [7, 11) is 0. The van der Waals surface area contributed by atoms with Gasteiger partial charge in [-0.2, -0.15) is 0 Å². The SMILES string of the molecule is Cc1cccc(NC(=O)COC(=O)CCC(=O)NNC(=O)c2ccc(Cl)cc2)c1. The second-order valence-electron chi connectivity index (χ2n) is 6.09. The molecule has 2 aromatic carbocycles. The van der Waals surface area contributed by atoms with E-state index in [1.165, 1.54) is 12.1 Å². The number of amides is 3. The first kappa shape index (κ1) is 21.9. The van der Waals surface area contributed by atoms with Crippen LogP contribution in [0.25, 0.3) is 0 Å². The van der Waals surface area contributed by atoms with Crippen LogP contribution in [0.1, 0.15) is 28.8 Å². The molecule has 0 atom stereocenters. The molecule has 3 N–H and O–H groups in total. The van der Waals surface area contributed by atoms with Crippen molar-refractivity contribution in [3.05, 3.63) is 64.7 Å². The van der Waals surface area contributed by atoms with Crippen molar-refractivity contribution in [3.8, 4) is 0 Å². The van der Waals surface area contributed by atoms with E-state index in [0.717, 1.165) is 5.56 Å². The minimum absolute atomic E-state index is 0.209. The van der Waals surface area contributed by atoms with Gasteiger partial charge in [0.15, 0.2) is 6.61 Å². The monoisotopic (exact) mass is 417 g/mol. The molecule has 0 bridgehead atoms. The first-order valence-corrected chi connectivity index (χ1v) is 9.08. The van der Waals surface area contributed by atoms with Crippen LogP contribution < -0.4 is 16.2 Å². The van der Waals surface area contributed by atoms with Gasteiger partial charge in [0, 0.05) is 22.7 Å². The molecule has 0 saturated carbocycles. The van der Waals surface area contributed by atoms with Crippen LogP contribution in [0.2, 0.25) is 5.02 Å². The highest BCUT2D eigenvalue weighted by molar-refractivity contribution is 6.30. The number of hydrogen-bond donors (Lipinski definition) is 3. The van der Waals surface area contributed by atoms with Crippen LogP contribution in [0.15, 0.2) is 48.5 Å². The van der Waals surface area contributed by atoms with Crippen molar-refractivity contribution < 1.29 is 23.9 Å². The molecule has 0 aliphatic carbocycles. The molecule has 0 spiro atoms. The predicted molar refractivity (Wildman–Crippen MR) is 107 cm³/mol. The van der Waals surface area contributed by atoms with Gasteiger partial charge < -0.3 is 10.1 Å². The molecule has 0 unspecified atom stereocenters. The van der Waals surface area contributed by atoms with Gasteiger partial charge in [0.05, 0.1) is 6.42 Å². The van der Waals surface area contributed by atoms with Crippen molar-refractivity contribution in [2.45, 2.75) is 19.8 Å². The number of anilines is 1. The zero-order chi connectivity index (χ0) is 21.2. The molecule has 2 rings (SSSR count). The van der Waals surface area contributed by atoms with Gasteiger partial charge in [0.2, 0.25) is 5.91 Å². The van der Waals surface area contributed by atoms with Gasteiger partial charge in [0.25, 0.3) is 11.8 Å². The molecule has 0 fully saturated rings. The Morgan fingerprint density at radius 2 is 1.66 bits per heavy atom. The highest BCUT2D eigenvalue weighted by atomic mass is 35.5. The van der Waals surface area contributed by atoms with Gasteiger partial charge in [-0.25, -0.2) is 0 Å². The largest absolute Gasteiger partial charge is 0.456 e. The third-order valence-electron chi connectivity index (χ3n) is 3.64. The van der Waals surface area contributed by atoms with Crippen molar-refractivity contribution in [1.29, 1.82) is 0 Å². The third-order valence-corrected chi connectivity index (χ3v) is 3.90. The Morgan fingerprint density at radius 3 is 2.34 bits per heavy atom. The summed E-state index contributed by atoms with van der Waals surface area (Å²) in [5.41, 5.74) is 6.31. The van der Waals surface area contributed by atoms with Crippen LogP contribution >= 0.6 is 11.6 Å². The molecule has 0 heterocycles. The molecule has 2 aromatic rings. The summed E-state index contributed by atoms with van der Waals surface area (Å²) in [5, 5.41) is 3.09. The van der Waals surface area contributed by atoms with Crippen molar-refractivity contribution in [2.75, 3.05) is 11.9 Å². The number of nitrogens with one attached hydrogen (secondary N) is 3. The molecule has 0 aliphatic heterocycles. The van der Waals surface area contributed by atoms with E-state index in [0.29, 0.717) is 16.3 Å². The standard InChI is InChI=1S/C20H20ClN3O5/c1-13-3-2-4-16(11-13)22-18(26)12-29-19(27)10-9-17(25)23-24-20(28)14-5-7-15(21)8-6-14/h2-8,11H,9-10,12H2,1H3,(H,22,26)(H,23,25)(H,24,28). The quantitative estimate of drug-likeness (QED) is 0.472.